The largest absolute Gasteiger partial charge is 0.508 e. The number of nitrogens with one attached hydrogen (secondary N) is 2. The topological polar surface area (TPSA) is 91.3 Å². The lowest BCUT2D eigenvalue weighted by Gasteiger charge is -2.06. The van der Waals surface area contributed by atoms with E-state index in [1.807, 2.05) is 0 Å². The van der Waals surface area contributed by atoms with Crippen LogP contribution in [0.4, 0.5) is 5.82 Å². The molecule has 2 aromatic rings. The van der Waals surface area contributed by atoms with Crippen molar-refractivity contribution in [1.82, 2.24) is 10.3 Å². The quantitative estimate of drug-likeness (QED) is 0.749. The van der Waals surface area contributed by atoms with E-state index in [0.717, 1.165) is 5.56 Å². The second-order valence-electron chi connectivity index (χ2n) is 4.49. The fraction of sp³-hybridized carbons (Fsp3) is 0.133. The number of phenols is 1. The van der Waals surface area contributed by atoms with Crippen molar-refractivity contribution in [2.75, 3.05) is 11.9 Å². The number of rotatable bonds is 4. The first kappa shape index (κ1) is 15.8. The van der Waals surface area contributed by atoms with Gasteiger partial charge in [-0.15, -0.1) is 0 Å². The first-order valence-electron chi connectivity index (χ1n) is 6.53. The second kappa shape index (κ2) is 7.42. The molecule has 7 heteroatoms. The summed E-state index contributed by atoms with van der Waals surface area (Å²) in [6.07, 6.45) is 1.93. The SMILES string of the molecule is O=C(NCCc1ccc(O)cc1)C(=O)Nc1ccc(Cl)cn1. The Bertz CT molecular complexity index is 657. The molecule has 0 saturated heterocycles. The van der Waals surface area contributed by atoms with Crippen molar-refractivity contribution in [2.24, 2.45) is 0 Å². The minimum absolute atomic E-state index is 0.183. The molecular formula is C15H14ClN3O3. The molecule has 0 aliphatic carbocycles. The van der Waals surface area contributed by atoms with E-state index in [2.05, 4.69) is 15.6 Å². The van der Waals surface area contributed by atoms with Gasteiger partial charge in [0.1, 0.15) is 11.6 Å². The van der Waals surface area contributed by atoms with Crippen molar-refractivity contribution in [3.8, 4) is 5.75 Å². The van der Waals surface area contributed by atoms with E-state index in [9.17, 15) is 9.59 Å². The number of hydrogen-bond donors (Lipinski definition) is 3. The van der Waals surface area contributed by atoms with Gasteiger partial charge in [-0.3, -0.25) is 9.59 Å². The Kier molecular flexibility index (Phi) is 5.32. The van der Waals surface area contributed by atoms with Crippen LogP contribution in [0.3, 0.4) is 0 Å². The molecule has 0 spiro atoms. The fourth-order valence-electron chi connectivity index (χ4n) is 1.69. The molecule has 3 N–H and O–H groups in total. The number of amides is 2. The predicted octanol–water partition coefficient (Wildman–Crippen LogP) is 1.74. The van der Waals surface area contributed by atoms with Gasteiger partial charge < -0.3 is 15.7 Å². The molecule has 0 fully saturated rings. The summed E-state index contributed by atoms with van der Waals surface area (Å²) >= 11 is 5.68. The molecule has 1 aromatic heterocycles. The van der Waals surface area contributed by atoms with Crippen molar-refractivity contribution in [3.05, 3.63) is 53.2 Å². The van der Waals surface area contributed by atoms with Crippen LogP contribution in [0.25, 0.3) is 0 Å². The number of phenolic OH excluding ortho intramolecular Hbond substituents is 1. The van der Waals surface area contributed by atoms with Gasteiger partial charge in [0, 0.05) is 12.7 Å². The zero-order valence-electron chi connectivity index (χ0n) is 11.5. The lowest BCUT2D eigenvalue weighted by atomic mass is 10.1. The lowest BCUT2D eigenvalue weighted by Crippen LogP contribution is -2.36. The maximum Gasteiger partial charge on any atom is 0.314 e. The van der Waals surface area contributed by atoms with E-state index >= 15 is 0 Å². The highest BCUT2D eigenvalue weighted by atomic mass is 35.5. The lowest BCUT2D eigenvalue weighted by molar-refractivity contribution is -0.136. The van der Waals surface area contributed by atoms with Crippen LogP contribution in [0, 0.1) is 0 Å². The molecule has 114 valence electrons. The Balaban J connectivity index is 1.77. The smallest absolute Gasteiger partial charge is 0.314 e. The summed E-state index contributed by atoms with van der Waals surface area (Å²) < 4.78 is 0. The monoisotopic (exact) mass is 319 g/mol. The van der Waals surface area contributed by atoms with Gasteiger partial charge in [-0.2, -0.15) is 0 Å². The van der Waals surface area contributed by atoms with Crippen molar-refractivity contribution < 1.29 is 14.7 Å². The summed E-state index contributed by atoms with van der Waals surface area (Å²) in [5.41, 5.74) is 0.942. The van der Waals surface area contributed by atoms with Gasteiger partial charge in [-0.25, -0.2) is 4.98 Å². The molecule has 6 nitrogen and oxygen atoms in total. The van der Waals surface area contributed by atoms with Gasteiger partial charge in [0.05, 0.1) is 5.02 Å². The standard InChI is InChI=1S/C15H14ClN3O3/c16-11-3-6-13(18-9-11)19-15(22)14(21)17-8-7-10-1-4-12(20)5-2-10/h1-6,9,20H,7-8H2,(H,17,21)(H,18,19,22). The first-order valence-corrected chi connectivity index (χ1v) is 6.91. The summed E-state index contributed by atoms with van der Waals surface area (Å²) in [6, 6.07) is 9.70. The minimum Gasteiger partial charge on any atom is -0.508 e. The Morgan fingerprint density at radius 3 is 2.45 bits per heavy atom. The fourth-order valence-corrected chi connectivity index (χ4v) is 1.80. The van der Waals surface area contributed by atoms with E-state index < -0.39 is 11.8 Å². The Labute approximate surface area is 132 Å². The highest BCUT2D eigenvalue weighted by Crippen LogP contribution is 2.10. The third-order valence-corrected chi connectivity index (χ3v) is 3.03. The summed E-state index contributed by atoms with van der Waals surface area (Å²) in [4.78, 5) is 27.2. The average molecular weight is 320 g/mol. The number of benzene rings is 1. The van der Waals surface area contributed by atoms with Gasteiger partial charge >= 0.3 is 11.8 Å². The number of aromatic nitrogens is 1. The molecule has 2 rings (SSSR count). The summed E-state index contributed by atoms with van der Waals surface area (Å²) in [5, 5.41) is 14.5. The normalized spacial score (nSPS) is 10.0. The van der Waals surface area contributed by atoms with E-state index in [0.29, 0.717) is 18.0 Å². The molecule has 0 saturated carbocycles. The van der Waals surface area contributed by atoms with Crippen LogP contribution >= 0.6 is 11.6 Å². The number of anilines is 1. The van der Waals surface area contributed by atoms with Crippen molar-refractivity contribution in [1.29, 1.82) is 0 Å². The zero-order chi connectivity index (χ0) is 15.9. The van der Waals surface area contributed by atoms with Gasteiger partial charge in [0.15, 0.2) is 0 Å². The number of carbonyl (C=O) groups is 2. The highest BCUT2D eigenvalue weighted by Gasteiger charge is 2.13. The van der Waals surface area contributed by atoms with Crippen molar-refractivity contribution in [3.63, 3.8) is 0 Å². The highest BCUT2D eigenvalue weighted by molar-refractivity contribution is 6.39. The average Bonchev–Trinajstić information content (AvgIpc) is 2.51. The number of hydrogen-bond acceptors (Lipinski definition) is 4. The Hall–Kier alpha value is -2.60. The molecule has 22 heavy (non-hydrogen) atoms. The van der Waals surface area contributed by atoms with E-state index in [-0.39, 0.29) is 11.6 Å². The van der Waals surface area contributed by atoms with Gasteiger partial charge in [0.25, 0.3) is 0 Å². The number of nitrogens with zero attached hydrogens (tertiary/aromatic N) is 1. The minimum atomic E-state index is -0.791. The van der Waals surface area contributed by atoms with Crippen LogP contribution in [0.1, 0.15) is 5.56 Å². The maximum atomic E-state index is 11.7. The summed E-state index contributed by atoms with van der Waals surface area (Å²) in [5.74, 6) is -1.10. The molecule has 1 heterocycles. The van der Waals surface area contributed by atoms with E-state index in [1.165, 1.54) is 12.3 Å². The molecule has 1 aromatic carbocycles. The zero-order valence-corrected chi connectivity index (χ0v) is 12.3. The number of carbonyl (C=O) groups excluding carboxylic acids is 2. The Morgan fingerprint density at radius 2 is 1.82 bits per heavy atom. The molecule has 0 atom stereocenters. The van der Waals surface area contributed by atoms with Crippen molar-refractivity contribution in [2.45, 2.75) is 6.42 Å². The molecule has 0 radical (unpaired) electrons. The predicted molar refractivity (Wildman–Crippen MR) is 82.7 cm³/mol. The second-order valence-corrected chi connectivity index (χ2v) is 4.92. The van der Waals surface area contributed by atoms with Crippen LogP contribution in [0.2, 0.25) is 5.02 Å². The van der Waals surface area contributed by atoms with Crippen LogP contribution in [-0.4, -0.2) is 28.4 Å². The summed E-state index contributed by atoms with van der Waals surface area (Å²) in [7, 11) is 0. The third-order valence-electron chi connectivity index (χ3n) is 2.81. The van der Waals surface area contributed by atoms with Gasteiger partial charge in [-0.05, 0) is 36.2 Å². The molecule has 0 aliphatic rings. The van der Waals surface area contributed by atoms with Crippen molar-refractivity contribution >= 4 is 29.2 Å². The molecule has 2 amide bonds. The number of pyridine rings is 1. The van der Waals surface area contributed by atoms with Gasteiger partial charge in [0.2, 0.25) is 0 Å². The number of aromatic hydroxyl groups is 1. The van der Waals surface area contributed by atoms with Crippen LogP contribution in [0.5, 0.6) is 5.75 Å². The Morgan fingerprint density at radius 1 is 1.09 bits per heavy atom. The number of halogens is 1. The van der Waals surface area contributed by atoms with Crippen LogP contribution in [-0.2, 0) is 16.0 Å². The summed E-state index contributed by atoms with van der Waals surface area (Å²) in [6.45, 7) is 0.311. The molecule has 0 bridgehead atoms. The molecule has 0 aliphatic heterocycles. The molecule has 0 unspecified atom stereocenters. The van der Waals surface area contributed by atoms with E-state index in [4.69, 9.17) is 16.7 Å². The van der Waals surface area contributed by atoms with Crippen LogP contribution < -0.4 is 10.6 Å². The third kappa shape index (κ3) is 4.75. The first-order chi connectivity index (χ1) is 10.5. The van der Waals surface area contributed by atoms with Gasteiger partial charge in [-0.1, -0.05) is 23.7 Å². The maximum absolute atomic E-state index is 11.7. The molecular weight excluding hydrogens is 306 g/mol. The van der Waals surface area contributed by atoms with E-state index in [1.54, 1.807) is 30.3 Å². The van der Waals surface area contributed by atoms with Crippen LogP contribution in [0.15, 0.2) is 42.6 Å².